The third kappa shape index (κ3) is 4.01. The molecule has 1 aliphatic rings. The van der Waals surface area contributed by atoms with E-state index in [4.69, 9.17) is 25.5 Å². The second-order valence-electron chi connectivity index (χ2n) is 6.16. The number of hydrogen-bond acceptors (Lipinski definition) is 6. The third-order valence-electron chi connectivity index (χ3n) is 4.59. The molecule has 5 nitrogen and oxygen atoms in total. The van der Waals surface area contributed by atoms with Gasteiger partial charge >= 0.3 is 11.9 Å². The Morgan fingerprint density at radius 3 is 2.37 bits per heavy atom. The highest BCUT2D eigenvalue weighted by Crippen LogP contribution is 2.62. The molecule has 1 saturated carbocycles. The lowest BCUT2D eigenvalue weighted by molar-refractivity contribution is -0.144. The van der Waals surface area contributed by atoms with Gasteiger partial charge in [-0.1, -0.05) is 35.5 Å². The highest BCUT2D eigenvalue weighted by molar-refractivity contribution is 7.98. The number of furan rings is 1. The van der Waals surface area contributed by atoms with Crippen LogP contribution in [0, 0.1) is 5.92 Å². The van der Waals surface area contributed by atoms with E-state index < -0.39 is 5.97 Å². The maximum absolute atomic E-state index is 12.5. The molecular formula is C20H21ClO5S. The van der Waals surface area contributed by atoms with Crippen LogP contribution in [-0.4, -0.2) is 31.4 Å². The molecule has 0 spiro atoms. The van der Waals surface area contributed by atoms with Crippen molar-refractivity contribution in [3.63, 3.8) is 0 Å². The van der Waals surface area contributed by atoms with Gasteiger partial charge in [0.05, 0.1) is 19.1 Å². The van der Waals surface area contributed by atoms with Crippen LogP contribution in [0.2, 0.25) is 5.02 Å². The summed E-state index contributed by atoms with van der Waals surface area (Å²) in [7, 11) is 0. The standard InChI is InChI=1S/C20H21ClO5S/c1-4-24-19(22)17-15(11-6-8-12(21)9-7-11)16(17)13-10-14(27-3)26-18(13)20(23)25-5-2/h6-10,15-17H,4-5H2,1-3H3. The minimum Gasteiger partial charge on any atom is -0.466 e. The number of ether oxygens (including phenoxy) is 2. The van der Waals surface area contributed by atoms with Gasteiger partial charge < -0.3 is 13.9 Å². The summed E-state index contributed by atoms with van der Waals surface area (Å²) in [5.74, 6) is -1.29. The normalized spacial score (nSPS) is 21.0. The lowest BCUT2D eigenvalue weighted by Gasteiger charge is -2.02. The SMILES string of the molecule is CCOC(=O)c1oc(SC)cc1C1C(C(=O)OCC)C1c1ccc(Cl)cc1. The van der Waals surface area contributed by atoms with E-state index in [0.717, 1.165) is 5.56 Å². The summed E-state index contributed by atoms with van der Waals surface area (Å²) in [5, 5.41) is 1.24. The summed E-state index contributed by atoms with van der Waals surface area (Å²) in [6, 6.07) is 9.22. The molecule has 2 aromatic rings. The van der Waals surface area contributed by atoms with Gasteiger partial charge in [-0.3, -0.25) is 4.79 Å². The van der Waals surface area contributed by atoms with Crippen LogP contribution in [0.3, 0.4) is 0 Å². The Hall–Kier alpha value is -1.92. The molecule has 27 heavy (non-hydrogen) atoms. The van der Waals surface area contributed by atoms with Gasteiger partial charge in [-0.2, -0.15) is 0 Å². The molecule has 1 fully saturated rings. The molecule has 0 aliphatic heterocycles. The monoisotopic (exact) mass is 408 g/mol. The molecule has 3 rings (SSSR count). The molecule has 1 aromatic heterocycles. The first-order valence-corrected chi connectivity index (χ1v) is 10.4. The first-order valence-electron chi connectivity index (χ1n) is 8.78. The predicted molar refractivity (Wildman–Crippen MR) is 104 cm³/mol. The van der Waals surface area contributed by atoms with Crippen LogP contribution in [-0.2, 0) is 14.3 Å². The van der Waals surface area contributed by atoms with Gasteiger partial charge in [0.2, 0.25) is 5.76 Å². The Balaban J connectivity index is 1.99. The maximum Gasteiger partial charge on any atom is 0.374 e. The van der Waals surface area contributed by atoms with E-state index in [2.05, 4.69) is 0 Å². The van der Waals surface area contributed by atoms with Crippen molar-refractivity contribution in [1.29, 1.82) is 0 Å². The minimum atomic E-state index is -0.517. The van der Waals surface area contributed by atoms with Crippen LogP contribution < -0.4 is 0 Å². The van der Waals surface area contributed by atoms with Gasteiger partial charge in [0.15, 0.2) is 5.09 Å². The Kier molecular flexibility index (Phi) is 6.17. The van der Waals surface area contributed by atoms with Crippen LogP contribution in [0.5, 0.6) is 0 Å². The molecule has 3 atom stereocenters. The summed E-state index contributed by atoms with van der Waals surface area (Å²) >= 11 is 7.39. The van der Waals surface area contributed by atoms with E-state index in [1.54, 1.807) is 26.0 Å². The zero-order valence-electron chi connectivity index (χ0n) is 15.4. The van der Waals surface area contributed by atoms with Crippen LogP contribution in [0.15, 0.2) is 39.8 Å². The van der Waals surface area contributed by atoms with Gasteiger partial charge in [0.1, 0.15) is 0 Å². The van der Waals surface area contributed by atoms with E-state index in [9.17, 15) is 9.59 Å². The number of esters is 2. The van der Waals surface area contributed by atoms with Crippen molar-refractivity contribution in [2.75, 3.05) is 19.5 Å². The first-order chi connectivity index (χ1) is 13.0. The number of carbonyl (C=O) groups is 2. The van der Waals surface area contributed by atoms with Crippen molar-refractivity contribution >= 4 is 35.3 Å². The molecule has 0 amide bonds. The molecule has 1 aromatic carbocycles. The molecule has 1 aliphatic carbocycles. The largest absolute Gasteiger partial charge is 0.466 e. The smallest absolute Gasteiger partial charge is 0.374 e. The average Bonchev–Trinajstić information content (AvgIpc) is 3.24. The Labute approximate surface area is 167 Å². The average molecular weight is 409 g/mol. The van der Waals surface area contributed by atoms with Crippen molar-refractivity contribution in [3.8, 4) is 0 Å². The van der Waals surface area contributed by atoms with Crippen molar-refractivity contribution in [2.24, 2.45) is 5.92 Å². The third-order valence-corrected chi connectivity index (χ3v) is 5.45. The fourth-order valence-corrected chi connectivity index (χ4v) is 3.95. The van der Waals surface area contributed by atoms with Gasteiger partial charge in [-0.05, 0) is 43.9 Å². The first kappa shape index (κ1) is 19.8. The molecule has 0 N–H and O–H groups in total. The quantitative estimate of drug-likeness (QED) is 0.480. The lowest BCUT2D eigenvalue weighted by atomic mass is 10.0. The second-order valence-corrected chi connectivity index (χ2v) is 7.40. The highest BCUT2D eigenvalue weighted by atomic mass is 35.5. The zero-order chi connectivity index (χ0) is 19.6. The van der Waals surface area contributed by atoms with E-state index in [1.165, 1.54) is 11.8 Å². The zero-order valence-corrected chi connectivity index (χ0v) is 16.9. The van der Waals surface area contributed by atoms with Crippen LogP contribution >= 0.6 is 23.4 Å². The molecule has 0 saturated heterocycles. The van der Waals surface area contributed by atoms with Crippen molar-refractivity contribution < 1.29 is 23.5 Å². The molecule has 7 heteroatoms. The fourth-order valence-electron chi connectivity index (χ4n) is 3.42. The number of thioether (sulfide) groups is 1. The number of benzene rings is 1. The number of carbonyl (C=O) groups excluding carboxylic acids is 2. The Morgan fingerprint density at radius 2 is 1.78 bits per heavy atom. The van der Waals surface area contributed by atoms with E-state index in [-0.39, 0.29) is 36.1 Å². The summed E-state index contributed by atoms with van der Waals surface area (Å²) in [4.78, 5) is 24.9. The summed E-state index contributed by atoms with van der Waals surface area (Å²) in [6.07, 6.45) is 1.87. The van der Waals surface area contributed by atoms with Gasteiger partial charge in [0.25, 0.3) is 0 Å². The molecule has 3 unspecified atom stereocenters. The van der Waals surface area contributed by atoms with Crippen LogP contribution in [0.1, 0.15) is 47.4 Å². The predicted octanol–water partition coefficient (Wildman–Crippen LogP) is 4.89. The molecule has 0 radical (unpaired) electrons. The number of halogens is 1. The van der Waals surface area contributed by atoms with Crippen LogP contribution in [0.4, 0.5) is 0 Å². The maximum atomic E-state index is 12.5. The molecule has 1 heterocycles. The van der Waals surface area contributed by atoms with Crippen molar-refractivity contribution in [3.05, 3.63) is 52.2 Å². The summed E-state index contributed by atoms with van der Waals surface area (Å²) in [5.41, 5.74) is 1.67. The van der Waals surface area contributed by atoms with Crippen LogP contribution in [0.25, 0.3) is 0 Å². The Morgan fingerprint density at radius 1 is 1.11 bits per heavy atom. The fraction of sp³-hybridized carbons (Fsp3) is 0.400. The van der Waals surface area contributed by atoms with E-state index in [1.807, 2.05) is 24.5 Å². The molecular weight excluding hydrogens is 388 g/mol. The van der Waals surface area contributed by atoms with Gasteiger partial charge in [0, 0.05) is 22.4 Å². The molecule has 0 bridgehead atoms. The summed E-state index contributed by atoms with van der Waals surface area (Å²) < 4.78 is 16.1. The second kappa shape index (κ2) is 8.40. The van der Waals surface area contributed by atoms with Gasteiger partial charge in [-0.25, -0.2) is 4.79 Å². The summed E-state index contributed by atoms with van der Waals surface area (Å²) in [6.45, 7) is 4.08. The van der Waals surface area contributed by atoms with Gasteiger partial charge in [-0.15, -0.1) is 0 Å². The Bertz CT molecular complexity index is 829. The van der Waals surface area contributed by atoms with E-state index >= 15 is 0 Å². The topological polar surface area (TPSA) is 65.7 Å². The highest BCUT2D eigenvalue weighted by Gasteiger charge is 2.59. The lowest BCUT2D eigenvalue weighted by Crippen LogP contribution is -2.09. The minimum absolute atomic E-state index is 0.0956. The number of rotatable bonds is 7. The number of hydrogen-bond donors (Lipinski definition) is 0. The van der Waals surface area contributed by atoms with Crippen molar-refractivity contribution in [1.82, 2.24) is 0 Å². The van der Waals surface area contributed by atoms with E-state index in [0.29, 0.717) is 22.3 Å². The molecule has 144 valence electrons. The van der Waals surface area contributed by atoms with Crippen molar-refractivity contribution in [2.45, 2.75) is 30.8 Å².